The Kier molecular flexibility index (Phi) is 8.96. The fourth-order valence-corrected chi connectivity index (χ4v) is 4.58. The maximum absolute atomic E-state index is 12.8. The van der Waals surface area contributed by atoms with E-state index in [9.17, 15) is 13.2 Å². The molecule has 1 atom stereocenters. The minimum Gasteiger partial charge on any atom is -0.481 e. The van der Waals surface area contributed by atoms with Gasteiger partial charge in [-0.05, 0) is 36.6 Å². The van der Waals surface area contributed by atoms with E-state index in [1.165, 1.54) is 12.1 Å². The van der Waals surface area contributed by atoms with Crippen molar-refractivity contribution in [3.8, 4) is 0 Å². The number of hydrogen-bond acceptors (Lipinski definition) is 3. The molecule has 0 aliphatic rings. The molecule has 28 heavy (non-hydrogen) atoms. The number of carboxylic acids is 1. The minimum atomic E-state index is -3.69. The van der Waals surface area contributed by atoms with Crippen molar-refractivity contribution in [2.45, 2.75) is 55.9 Å². The van der Waals surface area contributed by atoms with E-state index in [1.807, 2.05) is 30.3 Å². The van der Waals surface area contributed by atoms with E-state index in [0.29, 0.717) is 17.9 Å². The van der Waals surface area contributed by atoms with Gasteiger partial charge in [-0.15, -0.1) is 0 Å². The van der Waals surface area contributed by atoms with E-state index in [4.69, 9.17) is 16.7 Å². The van der Waals surface area contributed by atoms with E-state index in [-0.39, 0.29) is 17.4 Å². The first-order valence-electron chi connectivity index (χ1n) is 9.43. The quantitative estimate of drug-likeness (QED) is 0.461. The topological polar surface area (TPSA) is 83.5 Å². The molecule has 0 bridgehead atoms. The molecule has 0 aliphatic carbocycles. The lowest BCUT2D eigenvalue weighted by atomic mass is 10.0. The fraction of sp³-hybridized carbons (Fsp3) is 0.381. The number of unbranched alkanes of at least 4 members (excludes halogenated alkanes) is 4. The second-order valence-electron chi connectivity index (χ2n) is 6.74. The number of rotatable bonds is 12. The molecular weight excluding hydrogens is 398 g/mol. The minimum absolute atomic E-state index is 0.148. The summed E-state index contributed by atoms with van der Waals surface area (Å²) in [7, 11) is -3.69. The SMILES string of the molecule is O=C(O)CCCCCCCC(NS(=O)(=O)c1cccc(Cl)c1)c1ccccc1. The van der Waals surface area contributed by atoms with Gasteiger partial charge in [-0.1, -0.05) is 73.7 Å². The lowest BCUT2D eigenvalue weighted by Crippen LogP contribution is -2.28. The normalized spacial score (nSPS) is 12.6. The Labute approximate surface area is 171 Å². The molecule has 0 spiro atoms. The average molecular weight is 424 g/mol. The van der Waals surface area contributed by atoms with Gasteiger partial charge in [0.15, 0.2) is 0 Å². The number of hydrogen-bond donors (Lipinski definition) is 2. The van der Waals surface area contributed by atoms with Crippen molar-refractivity contribution >= 4 is 27.6 Å². The van der Waals surface area contributed by atoms with E-state index in [1.54, 1.807) is 12.1 Å². The smallest absolute Gasteiger partial charge is 0.303 e. The third kappa shape index (κ3) is 7.62. The van der Waals surface area contributed by atoms with Crippen LogP contribution in [0.3, 0.4) is 0 Å². The molecule has 0 fully saturated rings. The summed E-state index contributed by atoms with van der Waals surface area (Å²) in [4.78, 5) is 10.7. The van der Waals surface area contributed by atoms with Crippen LogP contribution in [0.1, 0.15) is 56.6 Å². The predicted octanol–water partition coefficient (Wildman–Crippen LogP) is 5.17. The lowest BCUT2D eigenvalue weighted by molar-refractivity contribution is -0.137. The van der Waals surface area contributed by atoms with Gasteiger partial charge in [0, 0.05) is 17.5 Å². The van der Waals surface area contributed by atoms with Crippen molar-refractivity contribution in [3.63, 3.8) is 0 Å². The number of benzene rings is 2. The molecule has 2 aromatic carbocycles. The highest BCUT2D eigenvalue weighted by atomic mass is 35.5. The van der Waals surface area contributed by atoms with E-state index >= 15 is 0 Å². The second kappa shape index (κ2) is 11.2. The summed E-state index contributed by atoms with van der Waals surface area (Å²) in [5, 5.41) is 9.04. The summed E-state index contributed by atoms with van der Waals surface area (Å²) >= 11 is 5.94. The van der Waals surface area contributed by atoms with Gasteiger partial charge >= 0.3 is 5.97 Å². The van der Waals surface area contributed by atoms with Crippen molar-refractivity contribution in [1.29, 1.82) is 0 Å². The maximum Gasteiger partial charge on any atom is 0.303 e. The van der Waals surface area contributed by atoms with Crippen LogP contribution in [0.5, 0.6) is 0 Å². The highest BCUT2D eigenvalue weighted by Gasteiger charge is 2.21. The molecule has 0 aliphatic heterocycles. The molecule has 0 radical (unpaired) electrons. The van der Waals surface area contributed by atoms with Gasteiger partial charge in [0.25, 0.3) is 0 Å². The van der Waals surface area contributed by atoms with Gasteiger partial charge in [-0.3, -0.25) is 4.79 Å². The molecule has 0 amide bonds. The third-order valence-corrected chi connectivity index (χ3v) is 6.19. The lowest BCUT2D eigenvalue weighted by Gasteiger charge is -2.19. The molecule has 2 rings (SSSR count). The summed E-state index contributed by atoms with van der Waals surface area (Å²) in [6, 6.07) is 15.4. The molecule has 0 heterocycles. The highest BCUT2D eigenvalue weighted by Crippen LogP contribution is 2.24. The molecule has 0 aromatic heterocycles. The largest absolute Gasteiger partial charge is 0.481 e. The molecule has 0 saturated heterocycles. The van der Waals surface area contributed by atoms with Gasteiger partial charge in [0.2, 0.25) is 10.0 Å². The van der Waals surface area contributed by atoms with Gasteiger partial charge in [0.05, 0.1) is 4.90 Å². The average Bonchev–Trinajstić information content (AvgIpc) is 2.66. The summed E-state index contributed by atoms with van der Waals surface area (Å²) < 4.78 is 28.4. The monoisotopic (exact) mass is 423 g/mol. The predicted molar refractivity (Wildman–Crippen MR) is 111 cm³/mol. The number of carboxylic acid groups (broad SMARTS) is 1. The number of halogens is 1. The van der Waals surface area contributed by atoms with Crippen molar-refractivity contribution in [2.24, 2.45) is 0 Å². The Morgan fingerprint density at radius 1 is 0.964 bits per heavy atom. The number of sulfonamides is 1. The van der Waals surface area contributed by atoms with Crippen LogP contribution in [0.2, 0.25) is 5.02 Å². The van der Waals surface area contributed by atoms with E-state index < -0.39 is 16.0 Å². The van der Waals surface area contributed by atoms with Crippen molar-refractivity contribution < 1.29 is 18.3 Å². The number of carbonyl (C=O) groups is 1. The maximum atomic E-state index is 12.8. The Morgan fingerprint density at radius 2 is 1.64 bits per heavy atom. The van der Waals surface area contributed by atoms with Crippen molar-refractivity contribution in [3.05, 3.63) is 65.2 Å². The zero-order chi connectivity index (χ0) is 20.4. The van der Waals surface area contributed by atoms with Crippen LogP contribution in [-0.2, 0) is 14.8 Å². The van der Waals surface area contributed by atoms with Crippen LogP contribution in [0.25, 0.3) is 0 Å². The first-order chi connectivity index (χ1) is 13.4. The summed E-state index contributed by atoms with van der Waals surface area (Å²) in [6.45, 7) is 0. The number of aliphatic carboxylic acids is 1. The van der Waals surface area contributed by atoms with Gasteiger partial charge < -0.3 is 5.11 Å². The first-order valence-corrected chi connectivity index (χ1v) is 11.3. The zero-order valence-corrected chi connectivity index (χ0v) is 17.3. The molecule has 0 saturated carbocycles. The second-order valence-corrected chi connectivity index (χ2v) is 8.89. The van der Waals surface area contributed by atoms with E-state index in [2.05, 4.69) is 4.72 Å². The Morgan fingerprint density at radius 3 is 2.32 bits per heavy atom. The standard InChI is InChI=1S/C21H26ClNO4S/c22-18-12-9-13-19(16-18)28(26,27)23-20(17-10-5-4-6-11-17)14-7-2-1-3-8-15-21(24)25/h4-6,9-13,16,20,23H,1-3,7-8,14-15H2,(H,24,25). The van der Waals surface area contributed by atoms with Crippen molar-refractivity contribution in [2.75, 3.05) is 0 Å². The van der Waals surface area contributed by atoms with Gasteiger partial charge in [0.1, 0.15) is 0 Å². The summed E-state index contributed by atoms with van der Waals surface area (Å²) in [6.07, 6.45) is 5.15. The molecular formula is C21H26ClNO4S. The van der Waals surface area contributed by atoms with Crippen LogP contribution in [0.15, 0.2) is 59.5 Å². The fourth-order valence-electron chi connectivity index (χ4n) is 3.02. The third-order valence-electron chi connectivity index (χ3n) is 4.49. The van der Waals surface area contributed by atoms with E-state index in [0.717, 1.165) is 31.2 Å². The summed E-state index contributed by atoms with van der Waals surface area (Å²) in [5.74, 6) is -0.764. The Bertz CT molecular complexity index is 856. The van der Waals surface area contributed by atoms with Crippen LogP contribution >= 0.6 is 11.6 Å². The number of nitrogens with one attached hydrogen (secondary N) is 1. The highest BCUT2D eigenvalue weighted by molar-refractivity contribution is 7.89. The first kappa shape index (κ1) is 22.4. The van der Waals surface area contributed by atoms with Crippen LogP contribution < -0.4 is 4.72 Å². The van der Waals surface area contributed by atoms with Crippen LogP contribution in [0.4, 0.5) is 0 Å². The molecule has 5 nitrogen and oxygen atoms in total. The molecule has 7 heteroatoms. The molecule has 152 valence electrons. The van der Waals surface area contributed by atoms with Gasteiger partial charge in [-0.2, -0.15) is 0 Å². The summed E-state index contributed by atoms with van der Waals surface area (Å²) in [5.41, 5.74) is 0.916. The van der Waals surface area contributed by atoms with Crippen molar-refractivity contribution in [1.82, 2.24) is 4.72 Å². The van der Waals surface area contributed by atoms with Crippen LogP contribution in [-0.4, -0.2) is 19.5 Å². The Balaban J connectivity index is 1.98. The molecule has 2 aromatic rings. The van der Waals surface area contributed by atoms with Gasteiger partial charge in [-0.25, -0.2) is 13.1 Å². The Hall–Kier alpha value is -1.89. The molecule has 1 unspecified atom stereocenters. The zero-order valence-electron chi connectivity index (χ0n) is 15.7. The molecule has 2 N–H and O–H groups in total. The van der Waals surface area contributed by atoms with Crippen LogP contribution in [0, 0.1) is 0 Å².